The van der Waals surface area contributed by atoms with Crippen LogP contribution in [0.25, 0.3) is 0 Å². The van der Waals surface area contributed by atoms with Gasteiger partial charge in [-0.15, -0.1) is 0 Å². The van der Waals surface area contributed by atoms with E-state index in [1.54, 1.807) is 13.8 Å². The number of sulfonamides is 1. The summed E-state index contributed by atoms with van der Waals surface area (Å²) in [5.41, 5.74) is 0.695. The highest BCUT2D eigenvalue weighted by Gasteiger charge is 2.27. The molecule has 0 aliphatic carbocycles. The van der Waals surface area contributed by atoms with Crippen molar-refractivity contribution in [2.24, 2.45) is 5.92 Å². The van der Waals surface area contributed by atoms with Crippen molar-refractivity contribution in [3.05, 3.63) is 29.1 Å². The minimum absolute atomic E-state index is 0.126. The van der Waals surface area contributed by atoms with Crippen LogP contribution >= 0.6 is 0 Å². The summed E-state index contributed by atoms with van der Waals surface area (Å²) in [5, 5.41) is 3.18. The van der Waals surface area contributed by atoms with Crippen molar-refractivity contribution in [2.75, 3.05) is 13.1 Å². The molecule has 0 spiro atoms. The highest BCUT2D eigenvalue weighted by atomic mass is 32.2. The number of halogens is 1. The molecule has 0 saturated carbocycles. The van der Waals surface area contributed by atoms with Gasteiger partial charge in [0.15, 0.2) is 0 Å². The van der Waals surface area contributed by atoms with E-state index < -0.39 is 10.0 Å². The van der Waals surface area contributed by atoms with E-state index in [0.29, 0.717) is 17.7 Å². The van der Waals surface area contributed by atoms with Crippen LogP contribution in [0.3, 0.4) is 0 Å². The Bertz CT molecular complexity index is 578. The molecule has 4 nitrogen and oxygen atoms in total. The Morgan fingerprint density at radius 2 is 1.90 bits per heavy atom. The third-order valence-corrected chi connectivity index (χ3v) is 5.32. The van der Waals surface area contributed by atoms with Crippen molar-refractivity contribution < 1.29 is 12.8 Å². The lowest BCUT2D eigenvalue weighted by Gasteiger charge is -2.30. The lowest BCUT2D eigenvalue weighted by molar-refractivity contribution is 0.327. The maximum Gasteiger partial charge on any atom is 0.240 e. The molecule has 0 amide bonds. The smallest absolute Gasteiger partial charge is 0.240 e. The molecule has 1 fully saturated rings. The maximum absolute atomic E-state index is 13.6. The zero-order valence-corrected chi connectivity index (χ0v) is 12.8. The summed E-state index contributed by atoms with van der Waals surface area (Å²) in [6, 6.07) is 2.64. The predicted molar refractivity (Wildman–Crippen MR) is 76.6 cm³/mol. The molecule has 0 radical (unpaired) electrons. The largest absolute Gasteiger partial charge is 0.315 e. The zero-order valence-electron chi connectivity index (χ0n) is 12.0. The molecule has 1 heterocycles. The average Bonchev–Trinajstić information content (AvgIpc) is 2.38. The van der Waals surface area contributed by atoms with Crippen molar-refractivity contribution in [1.29, 1.82) is 0 Å². The Morgan fingerprint density at radius 1 is 1.30 bits per heavy atom. The van der Waals surface area contributed by atoms with Crippen LogP contribution in [0.5, 0.6) is 0 Å². The second-order valence-corrected chi connectivity index (χ2v) is 7.28. The summed E-state index contributed by atoms with van der Waals surface area (Å²) < 4.78 is 41.1. The fourth-order valence-electron chi connectivity index (χ4n) is 2.48. The Balaban J connectivity index is 2.26. The van der Waals surface area contributed by atoms with Crippen LogP contribution in [0.15, 0.2) is 17.0 Å². The molecule has 1 aliphatic heterocycles. The molecule has 0 aromatic heterocycles. The van der Waals surface area contributed by atoms with Crippen LogP contribution in [0.4, 0.5) is 4.39 Å². The fourth-order valence-corrected chi connectivity index (χ4v) is 3.99. The Hall–Kier alpha value is -0.980. The Labute approximate surface area is 119 Å². The molecule has 0 bridgehead atoms. The molecule has 1 aromatic rings. The first-order valence-corrected chi connectivity index (χ1v) is 8.29. The molecule has 6 heteroatoms. The van der Waals surface area contributed by atoms with Gasteiger partial charge in [-0.25, -0.2) is 17.5 Å². The summed E-state index contributed by atoms with van der Waals surface area (Å²) >= 11 is 0. The molecule has 2 atom stereocenters. The molecule has 2 rings (SSSR count). The summed E-state index contributed by atoms with van der Waals surface area (Å²) in [7, 11) is -3.61. The van der Waals surface area contributed by atoms with Crippen molar-refractivity contribution in [3.8, 4) is 0 Å². The van der Waals surface area contributed by atoms with E-state index in [1.807, 2.05) is 6.92 Å². The second kappa shape index (κ2) is 5.79. The van der Waals surface area contributed by atoms with Gasteiger partial charge in [0.05, 0.1) is 4.90 Å². The van der Waals surface area contributed by atoms with Crippen molar-refractivity contribution in [1.82, 2.24) is 10.0 Å². The van der Waals surface area contributed by atoms with Gasteiger partial charge in [0.2, 0.25) is 10.0 Å². The standard InChI is InChI=1S/C14H21FN2O2S/c1-9-4-5-16-8-13(9)17-20(18,19)12-6-10(2)14(15)11(3)7-12/h6-7,9,13,16-17H,4-5,8H2,1-3H3. The van der Waals surface area contributed by atoms with Gasteiger partial charge in [-0.1, -0.05) is 6.92 Å². The lowest BCUT2D eigenvalue weighted by atomic mass is 9.96. The monoisotopic (exact) mass is 300 g/mol. The van der Waals surface area contributed by atoms with Crippen LogP contribution < -0.4 is 10.0 Å². The number of rotatable bonds is 3. The van der Waals surface area contributed by atoms with Crippen LogP contribution in [0, 0.1) is 25.6 Å². The SMILES string of the molecule is Cc1cc(S(=O)(=O)NC2CNCCC2C)cc(C)c1F. The number of aryl methyl sites for hydroxylation is 2. The van der Waals surface area contributed by atoms with Crippen molar-refractivity contribution in [3.63, 3.8) is 0 Å². The van der Waals surface area contributed by atoms with E-state index in [-0.39, 0.29) is 22.7 Å². The van der Waals surface area contributed by atoms with Crippen molar-refractivity contribution >= 4 is 10.0 Å². The molecule has 2 unspecified atom stereocenters. The third-order valence-electron chi connectivity index (χ3n) is 3.85. The first kappa shape index (κ1) is 15.4. The lowest BCUT2D eigenvalue weighted by Crippen LogP contribution is -2.50. The summed E-state index contributed by atoms with van der Waals surface area (Å²) in [6.07, 6.45) is 0.939. The van der Waals surface area contributed by atoms with E-state index >= 15 is 0 Å². The van der Waals surface area contributed by atoms with Gasteiger partial charge >= 0.3 is 0 Å². The topological polar surface area (TPSA) is 58.2 Å². The number of piperidine rings is 1. The van der Waals surface area contributed by atoms with Gasteiger partial charge in [-0.3, -0.25) is 0 Å². The molecule has 2 N–H and O–H groups in total. The van der Waals surface area contributed by atoms with Crippen LogP contribution in [-0.2, 0) is 10.0 Å². The molecule has 20 heavy (non-hydrogen) atoms. The second-order valence-electron chi connectivity index (χ2n) is 5.57. The predicted octanol–water partition coefficient (Wildman–Crippen LogP) is 1.72. The highest BCUT2D eigenvalue weighted by Crippen LogP contribution is 2.20. The molecular formula is C14H21FN2O2S. The molecular weight excluding hydrogens is 279 g/mol. The Morgan fingerprint density at radius 3 is 2.45 bits per heavy atom. The molecule has 112 valence electrons. The van der Waals surface area contributed by atoms with Gasteiger partial charge in [0.1, 0.15) is 5.82 Å². The molecule has 1 saturated heterocycles. The number of hydrogen-bond donors (Lipinski definition) is 2. The molecule has 1 aliphatic rings. The maximum atomic E-state index is 13.6. The van der Waals surface area contributed by atoms with E-state index in [4.69, 9.17) is 0 Å². The highest BCUT2D eigenvalue weighted by molar-refractivity contribution is 7.89. The quantitative estimate of drug-likeness (QED) is 0.893. The minimum atomic E-state index is -3.61. The van der Waals surface area contributed by atoms with Crippen molar-refractivity contribution in [2.45, 2.75) is 38.1 Å². The van der Waals surface area contributed by atoms with Gasteiger partial charge in [-0.05, 0) is 56.0 Å². The van der Waals surface area contributed by atoms with Gasteiger partial charge in [-0.2, -0.15) is 0 Å². The number of benzene rings is 1. The summed E-state index contributed by atoms with van der Waals surface area (Å²) in [5.74, 6) is -0.0645. The minimum Gasteiger partial charge on any atom is -0.315 e. The third kappa shape index (κ3) is 3.19. The zero-order chi connectivity index (χ0) is 14.9. The van der Waals surface area contributed by atoms with Gasteiger partial charge < -0.3 is 5.32 Å². The van der Waals surface area contributed by atoms with Crippen LogP contribution in [-0.4, -0.2) is 27.5 Å². The summed E-state index contributed by atoms with van der Waals surface area (Å²) in [4.78, 5) is 0.131. The number of hydrogen-bond acceptors (Lipinski definition) is 3. The fraction of sp³-hybridized carbons (Fsp3) is 0.571. The van der Waals surface area contributed by atoms with Gasteiger partial charge in [0, 0.05) is 12.6 Å². The molecule has 1 aromatic carbocycles. The van der Waals surface area contributed by atoms with Crippen LogP contribution in [0.2, 0.25) is 0 Å². The summed E-state index contributed by atoms with van der Waals surface area (Å²) in [6.45, 7) is 6.72. The van der Waals surface area contributed by atoms with E-state index in [0.717, 1.165) is 13.0 Å². The number of nitrogens with one attached hydrogen (secondary N) is 2. The van der Waals surface area contributed by atoms with Gasteiger partial charge in [0.25, 0.3) is 0 Å². The first-order chi connectivity index (χ1) is 9.31. The van der Waals surface area contributed by atoms with Crippen LogP contribution in [0.1, 0.15) is 24.5 Å². The average molecular weight is 300 g/mol. The first-order valence-electron chi connectivity index (χ1n) is 6.81. The normalized spacial score (nSPS) is 23.8. The van der Waals surface area contributed by atoms with E-state index in [2.05, 4.69) is 10.0 Å². The van der Waals surface area contributed by atoms with E-state index in [9.17, 15) is 12.8 Å². The van der Waals surface area contributed by atoms with E-state index in [1.165, 1.54) is 12.1 Å². The Kier molecular flexibility index (Phi) is 4.46.